The van der Waals surface area contributed by atoms with Gasteiger partial charge < -0.3 is 4.42 Å². The molecule has 0 N–H and O–H groups in total. The summed E-state index contributed by atoms with van der Waals surface area (Å²) in [6.07, 6.45) is 1.48. The molecular weight excluding hydrogens is 212 g/mol. The van der Waals surface area contributed by atoms with E-state index in [-0.39, 0.29) is 5.78 Å². The third-order valence-electron chi connectivity index (χ3n) is 2.18. The first-order valence-electron chi connectivity index (χ1n) is 4.53. The number of rotatable bonds is 2. The molecule has 2 aromatic rings. The van der Waals surface area contributed by atoms with Gasteiger partial charge >= 0.3 is 0 Å². The van der Waals surface area contributed by atoms with Crippen LogP contribution in [0.1, 0.15) is 21.7 Å². The number of ketones is 1. The summed E-state index contributed by atoms with van der Waals surface area (Å²) >= 11 is 5.94. The van der Waals surface area contributed by atoms with Gasteiger partial charge in [-0.2, -0.15) is 0 Å². The summed E-state index contributed by atoms with van der Waals surface area (Å²) in [5.74, 6) is 0.178. The maximum atomic E-state index is 11.8. The first kappa shape index (κ1) is 9.99. The molecule has 0 spiro atoms. The number of benzene rings is 1. The van der Waals surface area contributed by atoms with E-state index in [1.807, 2.05) is 13.0 Å². The normalized spacial score (nSPS) is 10.3. The van der Waals surface area contributed by atoms with Gasteiger partial charge in [-0.25, -0.2) is 0 Å². The second-order valence-corrected chi connectivity index (χ2v) is 3.68. The van der Waals surface area contributed by atoms with Crippen molar-refractivity contribution < 1.29 is 9.21 Å². The molecular formula is C12H9ClO2. The van der Waals surface area contributed by atoms with Gasteiger partial charge in [0.25, 0.3) is 0 Å². The Kier molecular flexibility index (Phi) is 2.60. The quantitative estimate of drug-likeness (QED) is 0.726. The average molecular weight is 221 g/mol. The lowest BCUT2D eigenvalue weighted by molar-refractivity contribution is 0.101. The molecule has 15 heavy (non-hydrogen) atoms. The fraction of sp³-hybridized carbons (Fsp3) is 0.0833. The van der Waals surface area contributed by atoms with Gasteiger partial charge in [0, 0.05) is 10.6 Å². The van der Waals surface area contributed by atoms with Gasteiger partial charge in [0.05, 0.1) is 6.26 Å². The zero-order chi connectivity index (χ0) is 10.8. The fourth-order valence-corrected chi connectivity index (χ4v) is 1.46. The number of halogens is 1. The molecule has 1 aromatic heterocycles. The van der Waals surface area contributed by atoms with Crippen LogP contribution in [0.25, 0.3) is 0 Å². The first-order chi connectivity index (χ1) is 7.18. The minimum absolute atomic E-state index is 0.151. The van der Waals surface area contributed by atoms with Gasteiger partial charge in [0.1, 0.15) is 0 Å². The summed E-state index contributed by atoms with van der Waals surface area (Å²) in [4.78, 5) is 11.8. The van der Waals surface area contributed by atoms with Crippen LogP contribution in [0.5, 0.6) is 0 Å². The van der Waals surface area contributed by atoms with Crippen molar-refractivity contribution >= 4 is 17.4 Å². The van der Waals surface area contributed by atoms with Crippen molar-refractivity contribution in [1.82, 2.24) is 0 Å². The van der Waals surface area contributed by atoms with E-state index >= 15 is 0 Å². The Labute approximate surface area is 92.5 Å². The van der Waals surface area contributed by atoms with Gasteiger partial charge in [-0.1, -0.05) is 23.7 Å². The van der Waals surface area contributed by atoms with E-state index in [2.05, 4.69) is 0 Å². The molecule has 0 aliphatic heterocycles. The van der Waals surface area contributed by atoms with E-state index in [0.29, 0.717) is 16.3 Å². The number of aryl methyl sites for hydroxylation is 1. The highest BCUT2D eigenvalue weighted by molar-refractivity contribution is 6.31. The van der Waals surface area contributed by atoms with Crippen LogP contribution in [0.3, 0.4) is 0 Å². The van der Waals surface area contributed by atoms with Gasteiger partial charge in [0.15, 0.2) is 5.76 Å². The molecule has 0 saturated carbocycles. The van der Waals surface area contributed by atoms with Crippen molar-refractivity contribution in [2.45, 2.75) is 6.92 Å². The molecule has 0 amide bonds. The SMILES string of the molecule is Cc1ccc(C(=O)c2ccco2)cc1Cl. The highest BCUT2D eigenvalue weighted by Gasteiger charge is 2.12. The molecule has 0 fully saturated rings. The van der Waals surface area contributed by atoms with Gasteiger partial charge in [0.2, 0.25) is 5.78 Å². The zero-order valence-electron chi connectivity index (χ0n) is 8.16. The van der Waals surface area contributed by atoms with Crippen LogP contribution in [0, 0.1) is 6.92 Å². The predicted octanol–water partition coefficient (Wildman–Crippen LogP) is 3.47. The van der Waals surface area contributed by atoms with Crippen molar-refractivity contribution in [2.24, 2.45) is 0 Å². The standard InChI is InChI=1S/C12H9ClO2/c1-8-4-5-9(7-10(8)13)12(14)11-3-2-6-15-11/h2-7H,1H3. The van der Waals surface area contributed by atoms with Crippen molar-refractivity contribution in [2.75, 3.05) is 0 Å². The molecule has 0 saturated heterocycles. The Hall–Kier alpha value is -1.54. The van der Waals surface area contributed by atoms with Gasteiger partial charge in [-0.05, 0) is 30.7 Å². The summed E-state index contributed by atoms with van der Waals surface area (Å²) in [7, 11) is 0. The van der Waals surface area contributed by atoms with Crippen molar-refractivity contribution in [1.29, 1.82) is 0 Å². The lowest BCUT2D eigenvalue weighted by Crippen LogP contribution is -1.99. The van der Waals surface area contributed by atoms with Crippen LogP contribution < -0.4 is 0 Å². The van der Waals surface area contributed by atoms with E-state index in [1.165, 1.54) is 6.26 Å². The van der Waals surface area contributed by atoms with Crippen LogP contribution in [0.4, 0.5) is 0 Å². The van der Waals surface area contributed by atoms with Crippen molar-refractivity contribution in [3.63, 3.8) is 0 Å². The second kappa shape index (κ2) is 3.91. The highest BCUT2D eigenvalue weighted by atomic mass is 35.5. The minimum atomic E-state index is -0.151. The van der Waals surface area contributed by atoms with Crippen LogP contribution >= 0.6 is 11.6 Å². The molecule has 2 rings (SSSR count). The lowest BCUT2D eigenvalue weighted by atomic mass is 10.1. The number of hydrogen-bond donors (Lipinski definition) is 0. The molecule has 0 bridgehead atoms. The second-order valence-electron chi connectivity index (χ2n) is 3.27. The molecule has 0 aliphatic rings. The first-order valence-corrected chi connectivity index (χ1v) is 4.90. The summed E-state index contributed by atoms with van der Waals surface area (Å²) in [6.45, 7) is 1.89. The van der Waals surface area contributed by atoms with Crippen LogP contribution in [0.15, 0.2) is 41.0 Å². The predicted molar refractivity (Wildman–Crippen MR) is 58.3 cm³/mol. The van der Waals surface area contributed by atoms with E-state index < -0.39 is 0 Å². The minimum Gasteiger partial charge on any atom is -0.461 e. The number of hydrogen-bond acceptors (Lipinski definition) is 2. The van der Waals surface area contributed by atoms with Gasteiger partial charge in [-0.15, -0.1) is 0 Å². The fourth-order valence-electron chi connectivity index (χ4n) is 1.28. The maximum absolute atomic E-state index is 11.8. The van der Waals surface area contributed by atoms with Crippen molar-refractivity contribution in [3.05, 3.63) is 58.5 Å². The summed E-state index contributed by atoms with van der Waals surface area (Å²) < 4.78 is 5.03. The van der Waals surface area contributed by atoms with E-state index in [0.717, 1.165) is 5.56 Å². The molecule has 76 valence electrons. The van der Waals surface area contributed by atoms with E-state index in [1.54, 1.807) is 24.3 Å². The summed E-state index contributed by atoms with van der Waals surface area (Å²) in [5.41, 5.74) is 1.49. The summed E-state index contributed by atoms with van der Waals surface area (Å²) in [5, 5.41) is 0.590. The van der Waals surface area contributed by atoms with Crippen LogP contribution in [-0.2, 0) is 0 Å². The Morgan fingerprint density at radius 2 is 2.13 bits per heavy atom. The van der Waals surface area contributed by atoms with Crippen LogP contribution in [0.2, 0.25) is 5.02 Å². The lowest BCUT2D eigenvalue weighted by Gasteiger charge is -2.01. The topological polar surface area (TPSA) is 30.2 Å². The molecule has 0 radical (unpaired) electrons. The highest BCUT2D eigenvalue weighted by Crippen LogP contribution is 2.19. The Morgan fingerprint density at radius 1 is 1.33 bits per heavy atom. The maximum Gasteiger partial charge on any atom is 0.228 e. The number of carbonyl (C=O) groups excluding carboxylic acids is 1. The molecule has 0 atom stereocenters. The largest absolute Gasteiger partial charge is 0.461 e. The third kappa shape index (κ3) is 1.95. The smallest absolute Gasteiger partial charge is 0.228 e. The van der Waals surface area contributed by atoms with E-state index in [4.69, 9.17) is 16.0 Å². The zero-order valence-corrected chi connectivity index (χ0v) is 8.91. The monoisotopic (exact) mass is 220 g/mol. The molecule has 1 heterocycles. The Balaban J connectivity index is 2.39. The number of furan rings is 1. The van der Waals surface area contributed by atoms with Crippen molar-refractivity contribution in [3.8, 4) is 0 Å². The number of carbonyl (C=O) groups is 1. The molecule has 1 aromatic carbocycles. The molecule has 0 unspecified atom stereocenters. The Bertz CT molecular complexity index is 486. The van der Waals surface area contributed by atoms with Crippen LogP contribution in [-0.4, -0.2) is 5.78 Å². The third-order valence-corrected chi connectivity index (χ3v) is 2.59. The molecule has 3 heteroatoms. The molecule has 0 aliphatic carbocycles. The van der Waals surface area contributed by atoms with Gasteiger partial charge in [-0.3, -0.25) is 4.79 Å². The summed E-state index contributed by atoms with van der Waals surface area (Å²) in [6, 6.07) is 8.53. The molecule has 2 nitrogen and oxygen atoms in total. The Morgan fingerprint density at radius 3 is 2.73 bits per heavy atom. The van der Waals surface area contributed by atoms with E-state index in [9.17, 15) is 4.79 Å². The average Bonchev–Trinajstić information content (AvgIpc) is 2.74.